The zero-order chi connectivity index (χ0) is 19.5. The highest BCUT2D eigenvalue weighted by Crippen LogP contribution is 2.28. The van der Waals surface area contributed by atoms with E-state index in [1.807, 2.05) is 18.2 Å². The summed E-state index contributed by atoms with van der Waals surface area (Å²) in [5.41, 5.74) is 2.27. The van der Waals surface area contributed by atoms with Crippen molar-refractivity contribution in [2.75, 3.05) is 24.6 Å². The minimum atomic E-state index is 0.747. The van der Waals surface area contributed by atoms with Gasteiger partial charge in [0.2, 0.25) is 0 Å². The summed E-state index contributed by atoms with van der Waals surface area (Å²) in [6.07, 6.45) is 9.80. The monoisotopic (exact) mass is 385 g/mol. The number of hydrogen-bond donors (Lipinski definition) is 0. The summed E-state index contributed by atoms with van der Waals surface area (Å²) in [6.45, 7) is 9.26. The van der Waals surface area contributed by atoms with E-state index >= 15 is 0 Å². The number of aldehydes is 1. The standard InChI is InChI=1S/C23H31NO2S/c1-4-7-8-9-16-26-23-17-20(24(5-2)6-3)12-10-19(23)11-13-21-14-15-22(18-25)27-21/h10-15,17-18H,4-9,16H2,1-3H3/b13-11+. The fourth-order valence-corrected chi connectivity index (χ4v) is 3.70. The van der Waals surface area contributed by atoms with Gasteiger partial charge in [0.15, 0.2) is 6.29 Å². The minimum absolute atomic E-state index is 0.747. The molecule has 0 aliphatic carbocycles. The molecule has 0 radical (unpaired) electrons. The van der Waals surface area contributed by atoms with Crippen molar-refractivity contribution < 1.29 is 9.53 Å². The van der Waals surface area contributed by atoms with Crippen LogP contribution in [0.4, 0.5) is 5.69 Å². The first-order valence-electron chi connectivity index (χ1n) is 9.96. The van der Waals surface area contributed by atoms with Crippen molar-refractivity contribution in [2.45, 2.75) is 46.5 Å². The molecule has 1 heterocycles. The van der Waals surface area contributed by atoms with Crippen molar-refractivity contribution in [2.24, 2.45) is 0 Å². The van der Waals surface area contributed by atoms with Gasteiger partial charge in [-0.2, -0.15) is 0 Å². The van der Waals surface area contributed by atoms with Crippen LogP contribution < -0.4 is 9.64 Å². The molecule has 0 amide bonds. The van der Waals surface area contributed by atoms with Crippen LogP contribution in [-0.2, 0) is 0 Å². The molecule has 3 nitrogen and oxygen atoms in total. The van der Waals surface area contributed by atoms with E-state index in [1.54, 1.807) is 0 Å². The highest BCUT2D eigenvalue weighted by Gasteiger charge is 2.08. The highest BCUT2D eigenvalue weighted by molar-refractivity contribution is 7.14. The SMILES string of the molecule is CCCCCCOc1cc(N(CC)CC)ccc1/C=C/c1ccc(C=O)s1. The van der Waals surface area contributed by atoms with Gasteiger partial charge in [-0.25, -0.2) is 0 Å². The van der Waals surface area contributed by atoms with Crippen LogP contribution in [0.1, 0.15) is 66.6 Å². The van der Waals surface area contributed by atoms with Crippen LogP contribution in [0.2, 0.25) is 0 Å². The molecule has 0 saturated heterocycles. The number of nitrogens with zero attached hydrogens (tertiary/aromatic N) is 1. The number of carbonyl (C=O) groups excluding carboxylic acids is 1. The molecule has 0 atom stereocenters. The number of thiophene rings is 1. The van der Waals surface area contributed by atoms with Crippen molar-refractivity contribution in [3.05, 3.63) is 45.6 Å². The number of benzene rings is 1. The smallest absolute Gasteiger partial charge is 0.160 e. The van der Waals surface area contributed by atoms with Gasteiger partial charge in [0, 0.05) is 35.3 Å². The third-order valence-electron chi connectivity index (χ3n) is 4.57. The van der Waals surface area contributed by atoms with Gasteiger partial charge in [-0.15, -0.1) is 11.3 Å². The second-order valence-corrected chi connectivity index (χ2v) is 7.64. The minimum Gasteiger partial charge on any atom is -0.493 e. The van der Waals surface area contributed by atoms with Gasteiger partial charge in [0.1, 0.15) is 5.75 Å². The van der Waals surface area contributed by atoms with E-state index in [4.69, 9.17) is 4.74 Å². The second kappa shape index (κ2) is 11.6. The molecule has 2 aromatic rings. The Morgan fingerprint density at radius 2 is 1.74 bits per heavy atom. The van der Waals surface area contributed by atoms with Crippen molar-refractivity contribution in [3.8, 4) is 5.75 Å². The molecule has 0 N–H and O–H groups in total. The number of rotatable bonds is 12. The van der Waals surface area contributed by atoms with E-state index in [9.17, 15) is 4.79 Å². The van der Waals surface area contributed by atoms with E-state index < -0.39 is 0 Å². The quantitative estimate of drug-likeness (QED) is 0.307. The summed E-state index contributed by atoms with van der Waals surface area (Å²) < 4.78 is 6.15. The Hall–Kier alpha value is -2.07. The molecule has 1 aromatic carbocycles. The molecular formula is C23H31NO2S. The molecule has 0 spiro atoms. The number of carbonyl (C=O) groups is 1. The summed E-state index contributed by atoms with van der Waals surface area (Å²) >= 11 is 1.50. The highest BCUT2D eigenvalue weighted by atomic mass is 32.1. The zero-order valence-electron chi connectivity index (χ0n) is 16.7. The van der Waals surface area contributed by atoms with Crippen molar-refractivity contribution in [1.29, 1.82) is 0 Å². The molecule has 27 heavy (non-hydrogen) atoms. The van der Waals surface area contributed by atoms with Crippen LogP contribution >= 0.6 is 11.3 Å². The van der Waals surface area contributed by atoms with Crippen LogP contribution in [0.25, 0.3) is 12.2 Å². The third-order valence-corrected chi connectivity index (χ3v) is 5.55. The van der Waals surface area contributed by atoms with Gasteiger partial charge in [-0.3, -0.25) is 4.79 Å². The van der Waals surface area contributed by atoms with Crippen LogP contribution in [0.3, 0.4) is 0 Å². The van der Waals surface area contributed by atoms with E-state index in [-0.39, 0.29) is 0 Å². The van der Waals surface area contributed by atoms with E-state index in [0.717, 1.165) is 53.5 Å². The lowest BCUT2D eigenvalue weighted by atomic mass is 10.1. The average molecular weight is 386 g/mol. The molecule has 4 heteroatoms. The molecule has 0 bridgehead atoms. The lowest BCUT2D eigenvalue weighted by molar-refractivity contribution is 0.112. The summed E-state index contributed by atoms with van der Waals surface area (Å²) in [6, 6.07) is 10.3. The van der Waals surface area contributed by atoms with Gasteiger partial charge in [0.25, 0.3) is 0 Å². The van der Waals surface area contributed by atoms with Gasteiger partial charge >= 0.3 is 0 Å². The molecule has 2 rings (SSSR count). The van der Waals surface area contributed by atoms with Crippen molar-refractivity contribution in [1.82, 2.24) is 0 Å². The zero-order valence-corrected chi connectivity index (χ0v) is 17.6. The Balaban J connectivity index is 2.18. The Morgan fingerprint density at radius 1 is 0.963 bits per heavy atom. The van der Waals surface area contributed by atoms with E-state index in [2.05, 4.69) is 49.9 Å². The first-order chi connectivity index (χ1) is 13.2. The third kappa shape index (κ3) is 6.55. The lowest BCUT2D eigenvalue weighted by Gasteiger charge is -2.22. The van der Waals surface area contributed by atoms with Gasteiger partial charge < -0.3 is 9.64 Å². The molecule has 146 valence electrons. The van der Waals surface area contributed by atoms with Crippen LogP contribution in [0, 0.1) is 0 Å². The predicted molar refractivity (Wildman–Crippen MR) is 118 cm³/mol. The predicted octanol–water partition coefficient (Wildman–Crippen LogP) is 6.54. The molecule has 0 saturated carbocycles. The summed E-state index contributed by atoms with van der Waals surface area (Å²) in [5, 5.41) is 0. The van der Waals surface area contributed by atoms with E-state index in [1.165, 1.54) is 36.3 Å². The molecule has 1 aromatic heterocycles. The topological polar surface area (TPSA) is 29.5 Å². The molecule has 0 unspecified atom stereocenters. The Kier molecular flexibility index (Phi) is 9.12. The fraction of sp³-hybridized carbons (Fsp3) is 0.435. The maximum Gasteiger partial charge on any atom is 0.160 e. The molecule has 0 fully saturated rings. The first kappa shape index (κ1) is 21.2. The summed E-state index contributed by atoms with van der Waals surface area (Å²) in [7, 11) is 0. The van der Waals surface area contributed by atoms with Gasteiger partial charge in [-0.1, -0.05) is 26.2 Å². The molecular weight excluding hydrogens is 354 g/mol. The van der Waals surface area contributed by atoms with Gasteiger partial charge in [0.05, 0.1) is 11.5 Å². The maximum atomic E-state index is 10.9. The largest absolute Gasteiger partial charge is 0.493 e. The Morgan fingerprint density at radius 3 is 2.41 bits per heavy atom. The van der Waals surface area contributed by atoms with E-state index in [0.29, 0.717) is 0 Å². The number of anilines is 1. The average Bonchev–Trinajstić information content (AvgIpc) is 3.16. The summed E-state index contributed by atoms with van der Waals surface area (Å²) in [4.78, 5) is 15.0. The number of hydrogen-bond acceptors (Lipinski definition) is 4. The van der Waals surface area contributed by atoms with Gasteiger partial charge in [-0.05, 0) is 56.7 Å². The van der Waals surface area contributed by atoms with Crippen molar-refractivity contribution in [3.63, 3.8) is 0 Å². The van der Waals surface area contributed by atoms with Crippen LogP contribution in [0.15, 0.2) is 30.3 Å². The Bertz CT molecular complexity index is 732. The second-order valence-electron chi connectivity index (χ2n) is 6.49. The normalized spacial score (nSPS) is 11.1. The first-order valence-corrected chi connectivity index (χ1v) is 10.8. The molecule has 0 aliphatic heterocycles. The van der Waals surface area contributed by atoms with Crippen LogP contribution in [0.5, 0.6) is 5.75 Å². The van der Waals surface area contributed by atoms with Crippen LogP contribution in [-0.4, -0.2) is 26.0 Å². The lowest BCUT2D eigenvalue weighted by Crippen LogP contribution is -2.21. The fourth-order valence-electron chi connectivity index (χ4n) is 2.98. The molecule has 0 aliphatic rings. The van der Waals surface area contributed by atoms with Crippen molar-refractivity contribution >= 4 is 35.5 Å². The summed E-state index contributed by atoms with van der Waals surface area (Å²) in [5.74, 6) is 0.930. The maximum absolute atomic E-state index is 10.9. The number of ether oxygens (including phenoxy) is 1. The number of unbranched alkanes of at least 4 members (excludes halogenated alkanes) is 3. The Labute approximate surface area is 167 Å².